The summed E-state index contributed by atoms with van der Waals surface area (Å²) in [7, 11) is 0. The van der Waals surface area contributed by atoms with Crippen molar-refractivity contribution in [2.75, 3.05) is 6.54 Å². The number of hydrogen-bond acceptors (Lipinski definition) is 1. The van der Waals surface area contributed by atoms with Crippen LogP contribution in [0.25, 0.3) is 0 Å². The quantitative estimate of drug-likeness (QED) is 0.775. The van der Waals surface area contributed by atoms with Crippen LogP contribution in [-0.2, 0) is 6.54 Å². The lowest BCUT2D eigenvalue weighted by molar-refractivity contribution is 0.449. The molecule has 1 aromatic carbocycles. The van der Waals surface area contributed by atoms with Crippen LogP contribution in [0.3, 0.4) is 0 Å². The van der Waals surface area contributed by atoms with Crippen molar-refractivity contribution in [1.29, 1.82) is 0 Å². The second kappa shape index (κ2) is 6.86. The van der Waals surface area contributed by atoms with Crippen LogP contribution in [0.2, 0.25) is 5.02 Å². The maximum Gasteiger partial charge on any atom is 0.0406 e. The van der Waals surface area contributed by atoms with E-state index in [-0.39, 0.29) is 0 Å². The Morgan fingerprint density at radius 1 is 1.13 bits per heavy atom. The molecule has 2 heteroatoms. The molecule has 15 heavy (non-hydrogen) atoms. The minimum Gasteiger partial charge on any atom is -0.312 e. The SMILES string of the molecule is CCC(CC)CNCc1ccc(Cl)cc1. The average Bonchev–Trinajstić information content (AvgIpc) is 2.27. The van der Waals surface area contributed by atoms with Gasteiger partial charge in [-0.05, 0) is 30.2 Å². The molecule has 0 saturated carbocycles. The summed E-state index contributed by atoms with van der Waals surface area (Å²) >= 11 is 5.82. The Kier molecular flexibility index (Phi) is 5.74. The van der Waals surface area contributed by atoms with Crippen LogP contribution in [-0.4, -0.2) is 6.54 Å². The normalized spacial score (nSPS) is 10.9. The van der Waals surface area contributed by atoms with Crippen molar-refractivity contribution in [3.8, 4) is 0 Å². The Hall–Kier alpha value is -0.530. The third kappa shape index (κ3) is 4.67. The molecule has 84 valence electrons. The van der Waals surface area contributed by atoms with Crippen molar-refractivity contribution < 1.29 is 0 Å². The predicted molar refractivity (Wildman–Crippen MR) is 67.2 cm³/mol. The van der Waals surface area contributed by atoms with Crippen molar-refractivity contribution in [3.05, 3.63) is 34.9 Å². The van der Waals surface area contributed by atoms with Crippen molar-refractivity contribution in [1.82, 2.24) is 5.32 Å². The summed E-state index contributed by atoms with van der Waals surface area (Å²) in [4.78, 5) is 0. The third-order valence-electron chi connectivity index (χ3n) is 2.83. The van der Waals surface area contributed by atoms with E-state index < -0.39 is 0 Å². The number of hydrogen-bond donors (Lipinski definition) is 1. The molecule has 0 amide bonds. The highest BCUT2D eigenvalue weighted by Gasteiger charge is 2.01. The second-order valence-electron chi connectivity index (χ2n) is 3.94. The average molecular weight is 226 g/mol. The zero-order chi connectivity index (χ0) is 11.1. The number of halogens is 1. The summed E-state index contributed by atoms with van der Waals surface area (Å²) in [6.45, 7) is 6.54. The summed E-state index contributed by atoms with van der Waals surface area (Å²) in [6.07, 6.45) is 2.51. The molecule has 0 aliphatic rings. The number of nitrogens with one attached hydrogen (secondary N) is 1. The lowest BCUT2D eigenvalue weighted by Crippen LogP contribution is -2.21. The topological polar surface area (TPSA) is 12.0 Å². The van der Waals surface area contributed by atoms with Gasteiger partial charge < -0.3 is 5.32 Å². The van der Waals surface area contributed by atoms with Crippen molar-refractivity contribution in [3.63, 3.8) is 0 Å². The zero-order valence-electron chi connectivity index (χ0n) is 9.59. The third-order valence-corrected chi connectivity index (χ3v) is 3.08. The summed E-state index contributed by atoms with van der Waals surface area (Å²) in [5, 5.41) is 4.28. The van der Waals surface area contributed by atoms with Gasteiger partial charge in [0.25, 0.3) is 0 Å². The first kappa shape index (κ1) is 12.5. The van der Waals surface area contributed by atoms with Crippen LogP contribution in [0.1, 0.15) is 32.3 Å². The highest BCUT2D eigenvalue weighted by molar-refractivity contribution is 6.30. The van der Waals surface area contributed by atoms with Gasteiger partial charge in [-0.15, -0.1) is 0 Å². The molecule has 0 unspecified atom stereocenters. The van der Waals surface area contributed by atoms with Gasteiger partial charge in [-0.3, -0.25) is 0 Å². The number of rotatable bonds is 6. The van der Waals surface area contributed by atoms with Crippen LogP contribution in [0.15, 0.2) is 24.3 Å². The maximum absolute atomic E-state index is 5.82. The van der Waals surface area contributed by atoms with Gasteiger partial charge >= 0.3 is 0 Å². The lowest BCUT2D eigenvalue weighted by Gasteiger charge is -2.13. The molecule has 0 heterocycles. The van der Waals surface area contributed by atoms with E-state index in [0.717, 1.165) is 24.0 Å². The molecule has 0 radical (unpaired) electrons. The Balaban J connectivity index is 2.28. The molecule has 0 aliphatic carbocycles. The fraction of sp³-hybridized carbons (Fsp3) is 0.538. The monoisotopic (exact) mass is 225 g/mol. The molecule has 0 aliphatic heterocycles. The first-order valence-corrected chi connectivity index (χ1v) is 6.09. The van der Waals surface area contributed by atoms with Gasteiger partial charge in [0, 0.05) is 11.6 Å². The highest BCUT2D eigenvalue weighted by Crippen LogP contribution is 2.10. The molecule has 0 atom stereocenters. The fourth-order valence-electron chi connectivity index (χ4n) is 1.60. The molecule has 1 N–H and O–H groups in total. The lowest BCUT2D eigenvalue weighted by atomic mass is 10.0. The molecule has 0 bridgehead atoms. The molecular weight excluding hydrogens is 206 g/mol. The Labute approximate surface area is 97.8 Å². The molecule has 1 nitrogen and oxygen atoms in total. The van der Waals surface area contributed by atoms with Crippen molar-refractivity contribution in [2.45, 2.75) is 33.2 Å². The van der Waals surface area contributed by atoms with Gasteiger partial charge in [0.15, 0.2) is 0 Å². The Morgan fingerprint density at radius 2 is 1.73 bits per heavy atom. The van der Waals surface area contributed by atoms with Crippen molar-refractivity contribution in [2.24, 2.45) is 5.92 Å². The van der Waals surface area contributed by atoms with Gasteiger partial charge in [0.1, 0.15) is 0 Å². The van der Waals surface area contributed by atoms with E-state index in [9.17, 15) is 0 Å². The molecular formula is C13H20ClN. The Morgan fingerprint density at radius 3 is 2.27 bits per heavy atom. The van der Waals surface area contributed by atoms with E-state index in [1.165, 1.54) is 18.4 Å². The van der Waals surface area contributed by atoms with Gasteiger partial charge in [-0.1, -0.05) is 50.4 Å². The fourth-order valence-corrected chi connectivity index (χ4v) is 1.73. The van der Waals surface area contributed by atoms with E-state index >= 15 is 0 Å². The van der Waals surface area contributed by atoms with E-state index in [2.05, 4.69) is 31.3 Å². The second-order valence-corrected chi connectivity index (χ2v) is 4.38. The number of benzene rings is 1. The first-order valence-electron chi connectivity index (χ1n) is 5.71. The van der Waals surface area contributed by atoms with E-state index in [4.69, 9.17) is 11.6 Å². The maximum atomic E-state index is 5.82. The molecule has 0 aromatic heterocycles. The summed E-state index contributed by atoms with van der Waals surface area (Å²) in [5.41, 5.74) is 1.30. The smallest absolute Gasteiger partial charge is 0.0406 e. The van der Waals surface area contributed by atoms with Gasteiger partial charge in [-0.2, -0.15) is 0 Å². The molecule has 0 saturated heterocycles. The van der Waals surface area contributed by atoms with Gasteiger partial charge in [0.05, 0.1) is 0 Å². The Bertz CT molecular complexity index is 264. The molecule has 0 fully saturated rings. The van der Waals surface area contributed by atoms with Crippen LogP contribution < -0.4 is 5.32 Å². The molecule has 1 aromatic rings. The van der Waals surface area contributed by atoms with Crippen molar-refractivity contribution >= 4 is 11.6 Å². The summed E-state index contributed by atoms with van der Waals surface area (Å²) < 4.78 is 0. The van der Waals surface area contributed by atoms with Gasteiger partial charge in [-0.25, -0.2) is 0 Å². The summed E-state index contributed by atoms with van der Waals surface area (Å²) in [6, 6.07) is 8.02. The first-order chi connectivity index (χ1) is 7.26. The van der Waals surface area contributed by atoms with Crippen LogP contribution in [0.4, 0.5) is 0 Å². The largest absolute Gasteiger partial charge is 0.312 e. The van der Waals surface area contributed by atoms with Crippen LogP contribution in [0.5, 0.6) is 0 Å². The zero-order valence-corrected chi connectivity index (χ0v) is 10.3. The van der Waals surface area contributed by atoms with Gasteiger partial charge in [0.2, 0.25) is 0 Å². The minimum atomic E-state index is 0.803. The van der Waals surface area contributed by atoms with E-state index in [1.807, 2.05) is 12.1 Å². The molecule has 0 spiro atoms. The van der Waals surface area contributed by atoms with E-state index in [1.54, 1.807) is 0 Å². The molecule has 1 rings (SSSR count). The van der Waals surface area contributed by atoms with Crippen LogP contribution >= 0.6 is 11.6 Å². The summed E-state index contributed by atoms with van der Waals surface area (Å²) in [5.74, 6) is 0.803. The predicted octanol–water partition coefficient (Wildman–Crippen LogP) is 3.87. The highest BCUT2D eigenvalue weighted by atomic mass is 35.5. The van der Waals surface area contributed by atoms with E-state index in [0.29, 0.717) is 0 Å². The van der Waals surface area contributed by atoms with Crippen LogP contribution in [0, 0.1) is 5.92 Å². The minimum absolute atomic E-state index is 0.803. The standard InChI is InChI=1S/C13H20ClN/c1-3-11(4-2)9-15-10-12-5-7-13(14)8-6-12/h5-8,11,15H,3-4,9-10H2,1-2H3.